The number of halogens is 1. The number of carbonyl (C=O) groups is 1. The van der Waals surface area contributed by atoms with E-state index in [0.29, 0.717) is 32.8 Å². The number of hydrogen-bond donors (Lipinski definition) is 1. The Bertz CT molecular complexity index is 1850. The van der Waals surface area contributed by atoms with Crippen LogP contribution in [0.5, 0.6) is 0 Å². The van der Waals surface area contributed by atoms with Gasteiger partial charge in [-0.05, 0) is 48.9 Å². The fraction of sp³-hybridized carbons (Fsp3) is 0.214. The Hall–Kier alpha value is -3.58. The number of benzene rings is 2. The number of rotatable bonds is 8. The molecule has 13 heteroatoms. The van der Waals surface area contributed by atoms with Gasteiger partial charge in [-0.25, -0.2) is 9.97 Å². The van der Waals surface area contributed by atoms with E-state index in [1.54, 1.807) is 28.2 Å². The molecule has 0 spiro atoms. The van der Waals surface area contributed by atoms with Crippen molar-refractivity contribution in [1.82, 2.24) is 14.5 Å². The standard InChI is InChI=1S/C28H22ClN5O4S3/c29-21-13-18(34(37)38)11-10-16(21)12-19-14-30-27(40-19)31-23(35)15-39-28-32-25-24(20-8-4-5-9-22(20)41-25)26(36)33(28)17-6-2-1-3-7-17/h1-3,6-7,10-11,13-14H,4-5,8-9,12,15H2,(H,30,31,35). The molecule has 0 saturated heterocycles. The van der Waals surface area contributed by atoms with Crippen LogP contribution in [-0.2, 0) is 24.1 Å². The van der Waals surface area contributed by atoms with E-state index >= 15 is 0 Å². The summed E-state index contributed by atoms with van der Waals surface area (Å²) in [7, 11) is 0. The monoisotopic (exact) mass is 623 g/mol. The minimum atomic E-state index is -0.491. The fourth-order valence-corrected chi connectivity index (χ4v) is 8.01. The van der Waals surface area contributed by atoms with Crippen molar-refractivity contribution in [3.63, 3.8) is 0 Å². The second kappa shape index (κ2) is 11.7. The van der Waals surface area contributed by atoms with Gasteiger partial charge in [0.25, 0.3) is 11.2 Å². The van der Waals surface area contributed by atoms with Crippen LogP contribution in [0.2, 0.25) is 5.02 Å². The predicted octanol–water partition coefficient (Wildman–Crippen LogP) is 6.67. The molecule has 208 valence electrons. The highest BCUT2D eigenvalue weighted by molar-refractivity contribution is 7.99. The van der Waals surface area contributed by atoms with Crippen molar-refractivity contribution in [2.24, 2.45) is 0 Å². The average Bonchev–Trinajstić information content (AvgIpc) is 3.57. The lowest BCUT2D eigenvalue weighted by molar-refractivity contribution is -0.384. The number of nitro benzene ring substituents is 1. The summed E-state index contributed by atoms with van der Waals surface area (Å²) in [5.41, 5.74) is 2.39. The molecule has 0 atom stereocenters. The van der Waals surface area contributed by atoms with Gasteiger partial charge in [0.1, 0.15) is 4.83 Å². The van der Waals surface area contributed by atoms with Crippen LogP contribution in [-0.4, -0.2) is 31.1 Å². The van der Waals surface area contributed by atoms with E-state index in [1.807, 2.05) is 30.3 Å². The third kappa shape index (κ3) is 5.78. The van der Waals surface area contributed by atoms with Crippen LogP contribution < -0.4 is 10.9 Å². The predicted molar refractivity (Wildman–Crippen MR) is 164 cm³/mol. The Balaban J connectivity index is 1.19. The summed E-state index contributed by atoms with van der Waals surface area (Å²) in [6.07, 6.45) is 6.12. The number of nitrogens with zero attached hydrogens (tertiary/aromatic N) is 4. The molecule has 0 aliphatic heterocycles. The number of thiazole rings is 1. The van der Waals surface area contributed by atoms with E-state index in [-0.39, 0.29) is 22.9 Å². The van der Waals surface area contributed by atoms with Crippen LogP contribution in [0.1, 0.15) is 33.7 Å². The van der Waals surface area contributed by atoms with E-state index in [1.165, 1.54) is 40.1 Å². The SMILES string of the molecule is O=C(CSc1nc2sc3c(c2c(=O)n1-c1ccccc1)CCCC3)Nc1ncc(Cc2ccc([N+](=O)[O-])cc2Cl)s1. The van der Waals surface area contributed by atoms with Gasteiger partial charge in [0.15, 0.2) is 10.3 Å². The summed E-state index contributed by atoms with van der Waals surface area (Å²) in [5, 5.41) is 15.7. The van der Waals surface area contributed by atoms with Crippen LogP contribution in [0, 0.1) is 10.1 Å². The van der Waals surface area contributed by atoms with Gasteiger partial charge in [-0.15, -0.1) is 22.7 Å². The number of anilines is 1. The molecule has 3 heterocycles. The highest BCUT2D eigenvalue weighted by atomic mass is 35.5. The molecule has 9 nitrogen and oxygen atoms in total. The van der Waals surface area contributed by atoms with Crippen LogP contribution in [0.3, 0.4) is 0 Å². The van der Waals surface area contributed by atoms with Gasteiger partial charge < -0.3 is 5.32 Å². The molecule has 0 bridgehead atoms. The van der Waals surface area contributed by atoms with Crippen LogP contribution in [0.4, 0.5) is 10.8 Å². The highest BCUT2D eigenvalue weighted by Gasteiger charge is 2.23. The van der Waals surface area contributed by atoms with Gasteiger partial charge in [0.2, 0.25) is 5.91 Å². The first-order valence-corrected chi connectivity index (χ1v) is 15.8. The lowest BCUT2D eigenvalue weighted by Crippen LogP contribution is -2.23. The number of aryl methyl sites for hydroxylation is 2. The molecule has 1 N–H and O–H groups in total. The normalized spacial score (nSPS) is 12.8. The minimum absolute atomic E-state index is 0.0406. The fourth-order valence-electron chi connectivity index (χ4n) is 4.80. The van der Waals surface area contributed by atoms with Gasteiger partial charge in [-0.1, -0.05) is 47.6 Å². The number of hydrogen-bond acceptors (Lipinski definition) is 9. The molecule has 0 radical (unpaired) electrons. The van der Waals surface area contributed by atoms with Crippen molar-refractivity contribution in [3.8, 4) is 5.69 Å². The quantitative estimate of drug-likeness (QED) is 0.0887. The van der Waals surface area contributed by atoms with Crippen molar-refractivity contribution in [2.75, 3.05) is 11.1 Å². The third-order valence-corrected chi connectivity index (χ3v) is 10.1. The summed E-state index contributed by atoms with van der Waals surface area (Å²) in [6, 6.07) is 13.7. The summed E-state index contributed by atoms with van der Waals surface area (Å²) >= 11 is 10.3. The lowest BCUT2D eigenvalue weighted by Gasteiger charge is -2.13. The summed E-state index contributed by atoms with van der Waals surface area (Å²) in [4.78, 5) is 49.2. The van der Waals surface area contributed by atoms with Gasteiger partial charge in [-0.3, -0.25) is 24.3 Å². The van der Waals surface area contributed by atoms with Crippen molar-refractivity contribution >= 4 is 73.0 Å². The molecule has 1 aliphatic carbocycles. The Morgan fingerprint density at radius 2 is 1.95 bits per heavy atom. The van der Waals surface area contributed by atoms with Crippen molar-refractivity contribution in [3.05, 3.63) is 101 Å². The second-order valence-electron chi connectivity index (χ2n) is 9.44. The number of non-ortho nitro benzene ring substituents is 1. The number of para-hydroxylation sites is 1. The third-order valence-electron chi connectivity index (χ3n) is 6.72. The Kier molecular flexibility index (Phi) is 7.89. The van der Waals surface area contributed by atoms with Crippen LogP contribution in [0.15, 0.2) is 64.7 Å². The Labute approximate surface area is 251 Å². The van der Waals surface area contributed by atoms with Gasteiger partial charge in [0.05, 0.1) is 26.8 Å². The number of nitro groups is 1. The van der Waals surface area contributed by atoms with Crippen LogP contribution >= 0.6 is 46.0 Å². The van der Waals surface area contributed by atoms with E-state index in [9.17, 15) is 19.7 Å². The average molecular weight is 624 g/mol. The van der Waals surface area contributed by atoms with Gasteiger partial charge >= 0.3 is 0 Å². The molecule has 0 fully saturated rings. The maximum Gasteiger partial charge on any atom is 0.270 e. The molecule has 1 amide bonds. The molecular weight excluding hydrogens is 602 g/mol. The zero-order valence-electron chi connectivity index (χ0n) is 21.5. The second-order valence-corrected chi connectivity index (χ2v) is 13.0. The molecule has 0 unspecified atom stereocenters. The number of fused-ring (bicyclic) bond motifs is 3. The Morgan fingerprint density at radius 1 is 1.15 bits per heavy atom. The maximum absolute atomic E-state index is 13.8. The van der Waals surface area contributed by atoms with E-state index in [4.69, 9.17) is 16.6 Å². The molecule has 0 saturated carbocycles. The first kappa shape index (κ1) is 27.6. The zero-order valence-corrected chi connectivity index (χ0v) is 24.7. The van der Waals surface area contributed by atoms with E-state index in [2.05, 4.69) is 10.3 Å². The number of nitrogens with one attached hydrogen (secondary N) is 1. The molecule has 5 aromatic rings. The first-order valence-electron chi connectivity index (χ1n) is 12.8. The number of amides is 1. The largest absolute Gasteiger partial charge is 0.301 e. The summed E-state index contributed by atoms with van der Waals surface area (Å²) in [5.74, 6) is -0.234. The number of aromatic nitrogens is 3. The molecule has 6 rings (SSSR count). The zero-order chi connectivity index (χ0) is 28.5. The van der Waals surface area contributed by atoms with Crippen LogP contribution in [0.25, 0.3) is 15.9 Å². The Morgan fingerprint density at radius 3 is 2.73 bits per heavy atom. The smallest absolute Gasteiger partial charge is 0.270 e. The number of thioether (sulfide) groups is 1. The maximum atomic E-state index is 13.8. The van der Waals surface area contributed by atoms with Gasteiger partial charge in [-0.2, -0.15) is 0 Å². The molecule has 1 aliphatic rings. The highest BCUT2D eigenvalue weighted by Crippen LogP contribution is 2.35. The summed E-state index contributed by atoms with van der Waals surface area (Å²) < 4.78 is 1.61. The molecular formula is C28H22ClN5O4S3. The topological polar surface area (TPSA) is 120 Å². The molecule has 41 heavy (non-hydrogen) atoms. The van der Waals surface area contributed by atoms with Crippen molar-refractivity contribution in [2.45, 2.75) is 37.3 Å². The van der Waals surface area contributed by atoms with Crippen molar-refractivity contribution in [1.29, 1.82) is 0 Å². The minimum Gasteiger partial charge on any atom is -0.301 e. The van der Waals surface area contributed by atoms with E-state index in [0.717, 1.165) is 46.5 Å². The summed E-state index contributed by atoms with van der Waals surface area (Å²) in [6.45, 7) is 0. The lowest BCUT2D eigenvalue weighted by atomic mass is 9.97. The molecule has 3 aromatic heterocycles. The molecule has 2 aromatic carbocycles. The number of carbonyl (C=O) groups excluding carboxylic acids is 1. The number of thiophene rings is 1. The van der Waals surface area contributed by atoms with Crippen molar-refractivity contribution < 1.29 is 9.72 Å². The van der Waals surface area contributed by atoms with E-state index < -0.39 is 4.92 Å². The van der Waals surface area contributed by atoms with Gasteiger partial charge in [0, 0.05) is 34.5 Å². The first-order chi connectivity index (χ1) is 19.9.